The Morgan fingerprint density at radius 1 is 0.930 bits per heavy atom. The summed E-state index contributed by atoms with van der Waals surface area (Å²) in [5.41, 5.74) is 13.1. The highest BCUT2D eigenvalue weighted by Crippen LogP contribution is 2.35. The maximum absolute atomic E-state index is 11.8. The van der Waals surface area contributed by atoms with Gasteiger partial charge in [0.05, 0.1) is 18.6 Å². The van der Waals surface area contributed by atoms with Gasteiger partial charge in [-0.3, -0.25) is 9.36 Å². The van der Waals surface area contributed by atoms with Crippen molar-refractivity contribution in [2.45, 2.75) is 31.6 Å². The Kier molecular flexibility index (Phi) is 7.37. The third-order valence-electron chi connectivity index (χ3n) is 9.16. The van der Waals surface area contributed by atoms with Crippen molar-refractivity contribution in [2.24, 2.45) is 11.8 Å². The largest absolute Gasteiger partial charge is 0.469 e. The number of likely N-dealkylation sites (tertiary alicyclic amines) is 1. The number of pyridine rings is 2. The number of rotatable bonds is 7. The highest BCUT2D eigenvalue weighted by molar-refractivity contribution is 5.85. The van der Waals surface area contributed by atoms with Crippen molar-refractivity contribution in [3.63, 3.8) is 0 Å². The Morgan fingerprint density at radius 3 is 2.42 bits per heavy atom. The lowest BCUT2D eigenvalue weighted by atomic mass is 9.80. The van der Waals surface area contributed by atoms with Crippen molar-refractivity contribution in [1.82, 2.24) is 24.4 Å². The number of nitrogens with zero attached hydrogens (tertiary/aromatic N) is 5. The highest BCUT2D eigenvalue weighted by Gasteiger charge is 2.33. The smallest absolute Gasteiger partial charge is 0.308 e. The van der Waals surface area contributed by atoms with Crippen molar-refractivity contribution < 1.29 is 9.53 Å². The van der Waals surface area contributed by atoms with E-state index in [0.29, 0.717) is 17.7 Å². The predicted molar refractivity (Wildman–Crippen MR) is 169 cm³/mol. The van der Waals surface area contributed by atoms with Gasteiger partial charge in [0.25, 0.3) is 0 Å². The molecule has 3 aromatic heterocycles. The Bertz CT molecular complexity index is 1740. The third-order valence-corrected chi connectivity index (χ3v) is 9.16. The van der Waals surface area contributed by atoms with Crippen LogP contribution in [-0.2, 0) is 9.53 Å². The van der Waals surface area contributed by atoms with E-state index in [1.54, 1.807) is 6.20 Å². The van der Waals surface area contributed by atoms with Gasteiger partial charge < -0.3 is 15.4 Å². The zero-order valence-corrected chi connectivity index (χ0v) is 24.4. The topological polar surface area (TPSA) is 99.2 Å². The molecule has 0 spiro atoms. The van der Waals surface area contributed by atoms with E-state index < -0.39 is 0 Å². The molecule has 1 saturated heterocycles. The van der Waals surface area contributed by atoms with Gasteiger partial charge in [0, 0.05) is 49.2 Å². The molecule has 5 aromatic rings. The highest BCUT2D eigenvalue weighted by atomic mass is 16.5. The molecule has 7 rings (SSSR count). The number of aromatic nitrogens is 4. The number of esters is 1. The number of anilines is 1. The summed E-state index contributed by atoms with van der Waals surface area (Å²) >= 11 is 0. The van der Waals surface area contributed by atoms with Gasteiger partial charge in [-0.2, -0.15) is 0 Å². The number of hydrogen-bond donors (Lipinski definition) is 1. The average molecular weight is 573 g/mol. The summed E-state index contributed by atoms with van der Waals surface area (Å²) in [5, 5.41) is 0. The molecule has 0 amide bonds. The second-order valence-corrected chi connectivity index (χ2v) is 11.9. The molecule has 1 saturated carbocycles. The van der Waals surface area contributed by atoms with Crippen molar-refractivity contribution in [3.8, 4) is 28.2 Å². The van der Waals surface area contributed by atoms with E-state index in [-0.39, 0.29) is 11.9 Å². The van der Waals surface area contributed by atoms with Gasteiger partial charge >= 0.3 is 5.97 Å². The molecule has 2 fully saturated rings. The van der Waals surface area contributed by atoms with E-state index in [9.17, 15) is 4.79 Å². The fraction of sp³-hybridized carbons (Fsp3) is 0.314. The minimum absolute atomic E-state index is 0.0432. The van der Waals surface area contributed by atoms with Crippen LogP contribution in [0.25, 0.3) is 39.4 Å². The number of hydrogen-bond acceptors (Lipinski definition) is 7. The zero-order chi connectivity index (χ0) is 29.3. The number of fused-ring (bicyclic) bond motifs is 1. The first-order valence-electron chi connectivity index (χ1n) is 15.1. The molecule has 1 aliphatic carbocycles. The lowest BCUT2D eigenvalue weighted by molar-refractivity contribution is -0.146. The minimum atomic E-state index is -0.0432. The van der Waals surface area contributed by atoms with Crippen molar-refractivity contribution in [2.75, 3.05) is 32.5 Å². The zero-order valence-electron chi connectivity index (χ0n) is 24.4. The van der Waals surface area contributed by atoms with Crippen LogP contribution in [0.15, 0.2) is 85.2 Å². The van der Waals surface area contributed by atoms with Gasteiger partial charge in [0.2, 0.25) is 0 Å². The van der Waals surface area contributed by atoms with Gasteiger partial charge in [0.1, 0.15) is 11.3 Å². The first-order valence-corrected chi connectivity index (χ1v) is 15.1. The predicted octanol–water partition coefficient (Wildman–Crippen LogP) is 6.11. The number of imidazole rings is 1. The number of carbonyl (C=O) groups excluding carboxylic acids is 1. The molecule has 2 aliphatic rings. The number of carbonyl (C=O) groups is 1. The number of nitrogens with two attached hydrogens (primary N) is 1. The van der Waals surface area contributed by atoms with Gasteiger partial charge in [-0.1, -0.05) is 42.5 Å². The van der Waals surface area contributed by atoms with E-state index >= 15 is 0 Å². The summed E-state index contributed by atoms with van der Waals surface area (Å²) in [6.07, 6.45) is 7.73. The Hall–Kier alpha value is -4.56. The molecule has 0 atom stereocenters. The summed E-state index contributed by atoms with van der Waals surface area (Å²) in [7, 11) is 1.49. The lowest BCUT2D eigenvalue weighted by Gasteiger charge is -2.42. The van der Waals surface area contributed by atoms with Crippen LogP contribution in [0.2, 0.25) is 0 Å². The molecule has 4 heterocycles. The van der Waals surface area contributed by atoms with Crippen molar-refractivity contribution in [1.29, 1.82) is 0 Å². The SMILES string of the molecule is COC(=O)C1CCC(CN2CC(c3ccc(-n4c(-c5cccnc5N)nc5cc(-c6ccccc6)cnc54)cc3)C2)CC1. The summed E-state index contributed by atoms with van der Waals surface area (Å²) < 4.78 is 7.03. The van der Waals surface area contributed by atoms with Crippen LogP contribution in [0.4, 0.5) is 5.82 Å². The third kappa shape index (κ3) is 5.39. The number of ether oxygens (including phenoxy) is 1. The summed E-state index contributed by atoms with van der Waals surface area (Å²) in [6, 6.07) is 24.9. The Balaban J connectivity index is 1.10. The van der Waals surface area contributed by atoms with E-state index in [1.165, 1.54) is 12.7 Å². The monoisotopic (exact) mass is 572 g/mol. The molecule has 8 nitrogen and oxygen atoms in total. The van der Waals surface area contributed by atoms with Crippen LogP contribution in [0.5, 0.6) is 0 Å². The number of methoxy groups -OCH3 is 1. The van der Waals surface area contributed by atoms with Crippen LogP contribution in [0.1, 0.15) is 37.2 Å². The van der Waals surface area contributed by atoms with E-state index in [0.717, 1.165) is 84.7 Å². The molecule has 43 heavy (non-hydrogen) atoms. The summed E-state index contributed by atoms with van der Waals surface area (Å²) in [6.45, 7) is 3.27. The first-order chi connectivity index (χ1) is 21.1. The summed E-state index contributed by atoms with van der Waals surface area (Å²) in [5.74, 6) is 2.41. The first kappa shape index (κ1) is 27.3. The van der Waals surface area contributed by atoms with Gasteiger partial charge in [-0.05, 0) is 73.1 Å². The molecule has 218 valence electrons. The van der Waals surface area contributed by atoms with Crippen LogP contribution in [0, 0.1) is 11.8 Å². The number of nitrogen functional groups attached to an aromatic ring is 1. The Morgan fingerprint density at radius 2 is 1.70 bits per heavy atom. The maximum Gasteiger partial charge on any atom is 0.308 e. The van der Waals surface area contributed by atoms with Gasteiger partial charge in [-0.25, -0.2) is 15.0 Å². The van der Waals surface area contributed by atoms with Crippen molar-refractivity contribution in [3.05, 3.63) is 90.8 Å². The van der Waals surface area contributed by atoms with Crippen molar-refractivity contribution >= 4 is 23.0 Å². The maximum atomic E-state index is 11.8. The van der Waals surface area contributed by atoms with Gasteiger partial charge in [0.15, 0.2) is 11.5 Å². The van der Waals surface area contributed by atoms with E-state index in [1.807, 2.05) is 36.5 Å². The molecule has 1 aliphatic heterocycles. The minimum Gasteiger partial charge on any atom is -0.469 e. The lowest BCUT2D eigenvalue weighted by Crippen LogP contribution is -2.47. The molecule has 0 bridgehead atoms. The molecule has 0 radical (unpaired) electrons. The molecular weight excluding hydrogens is 536 g/mol. The molecule has 0 unspecified atom stereocenters. The number of benzene rings is 2. The normalized spacial score (nSPS) is 19.3. The standard InChI is InChI=1S/C35H36N6O2/c1-43-35(42)26-11-9-23(10-12-26)20-40-21-28(22-40)25-13-15-29(16-14-25)41-33(30-8-5-17-37-32(30)36)39-31-18-27(19-38-34(31)41)24-6-3-2-4-7-24/h2-8,13-19,23,26,28H,9-12,20-22H2,1H3,(H2,36,37). The van der Waals surface area contributed by atoms with Crippen LogP contribution in [-0.4, -0.2) is 57.1 Å². The summed E-state index contributed by atoms with van der Waals surface area (Å²) in [4.78, 5) is 28.6. The van der Waals surface area contributed by atoms with Crippen LogP contribution < -0.4 is 5.73 Å². The van der Waals surface area contributed by atoms with E-state index in [2.05, 4.69) is 56.9 Å². The molecule has 2 N–H and O–H groups in total. The Labute approximate surface area is 251 Å². The van der Waals surface area contributed by atoms with Gasteiger partial charge in [-0.15, -0.1) is 0 Å². The average Bonchev–Trinajstić information content (AvgIpc) is 3.42. The second-order valence-electron chi connectivity index (χ2n) is 11.9. The molecular formula is C35H36N6O2. The molecule has 8 heteroatoms. The second kappa shape index (κ2) is 11.6. The fourth-order valence-corrected chi connectivity index (χ4v) is 6.72. The molecule has 2 aromatic carbocycles. The van der Waals surface area contributed by atoms with Crippen LogP contribution >= 0.6 is 0 Å². The fourth-order valence-electron chi connectivity index (χ4n) is 6.72. The quantitative estimate of drug-likeness (QED) is 0.235. The van der Waals surface area contributed by atoms with E-state index in [4.69, 9.17) is 20.4 Å². The van der Waals surface area contributed by atoms with Crippen LogP contribution in [0.3, 0.4) is 0 Å².